The number of anilines is 1. The molecule has 0 atom stereocenters. The number of halogens is 1. The number of methoxy groups -OCH3 is 2. The molecule has 0 aliphatic carbocycles. The van der Waals surface area contributed by atoms with Crippen molar-refractivity contribution in [3.8, 4) is 17.3 Å². The van der Waals surface area contributed by atoms with Crippen LogP contribution in [0.5, 0.6) is 5.88 Å². The van der Waals surface area contributed by atoms with E-state index in [1.165, 1.54) is 0 Å². The highest BCUT2D eigenvalue weighted by atomic mass is 127. The van der Waals surface area contributed by atoms with Crippen molar-refractivity contribution in [1.29, 1.82) is 0 Å². The third kappa shape index (κ3) is 3.10. The Labute approximate surface area is 124 Å². The van der Waals surface area contributed by atoms with Gasteiger partial charge in [-0.15, -0.1) is 0 Å². The molecule has 2 rings (SSSR count). The molecule has 2 aromatic rings. The van der Waals surface area contributed by atoms with Crippen molar-refractivity contribution >= 4 is 28.4 Å². The van der Waals surface area contributed by atoms with Gasteiger partial charge in [0.2, 0.25) is 5.88 Å². The summed E-state index contributed by atoms with van der Waals surface area (Å²) >= 11 is 2.11. The third-order valence-electron chi connectivity index (χ3n) is 2.43. The first-order valence-corrected chi connectivity index (χ1v) is 6.54. The molecule has 0 amide bonds. The molecule has 0 spiro atoms. The van der Waals surface area contributed by atoms with E-state index in [0.717, 1.165) is 14.8 Å². The minimum Gasteiger partial charge on any atom is -0.481 e. The van der Waals surface area contributed by atoms with E-state index in [4.69, 9.17) is 15.2 Å². The number of rotatable bonds is 4. The molecule has 0 saturated heterocycles. The van der Waals surface area contributed by atoms with Crippen LogP contribution in [0.4, 0.5) is 5.82 Å². The van der Waals surface area contributed by atoms with E-state index >= 15 is 0 Å². The van der Waals surface area contributed by atoms with E-state index in [1.807, 2.05) is 6.07 Å². The molecule has 0 unspecified atom stereocenters. The van der Waals surface area contributed by atoms with Gasteiger partial charge in [0, 0.05) is 24.9 Å². The van der Waals surface area contributed by atoms with Crippen LogP contribution in [0.15, 0.2) is 18.3 Å². The first-order valence-electron chi connectivity index (χ1n) is 5.47. The predicted molar refractivity (Wildman–Crippen MR) is 79.7 cm³/mol. The third-order valence-corrected chi connectivity index (χ3v) is 3.61. The normalized spacial score (nSPS) is 10.5. The van der Waals surface area contributed by atoms with Crippen molar-refractivity contribution in [3.63, 3.8) is 0 Å². The number of nitrogens with two attached hydrogens (primary N) is 1. The maximum absolute atomic E-state index is 5.89. The van der Waals surface area contributed by atoms with E-state index in [1.54, 1.807) is 26.5 Å². The SMILES string of the molecule is COCc1nc(-c2ccc(OC)nc2)nc(N)c1I. The lowest BCUT2D eigenvalue weighted by molar-refractivity contribution is 0.181. The van der Waals surface area contributed by atoms with Crippen LogP contribution in [-0.4, -0.2) is 29.2 Å². The zero-order chi connectivity index (χ0) is 13.8. The average Bonchev–Trinajstić information content (AvgIpc) is 2.44. The lowest BCUT2D eigenvalue weighted by Crippen LogP contribution is -2.06. The van der Waals surface area contributed by atoms with Crippen LogP contribution >= 0.6 is 22.6 Å². The molecule has 7 heteroatoms. The van der Waals surface area contributed by atoms with Gasteiger partial charge < -0.3 is 15.2 Å². The summed E-state index contributed by atoms with van der Waals surface area (Å²) in [7, 11) is 3.18. The molecule has 0 aliphatic heterocycles. The molecular formula is C12H13IN4O2. The molecule has 2 N–H and O–H groups in total. The molecular weight excluding hydrogens is 359 g/mol. The molecule has 100 valence electrons. The van der Waals surface area contributed by atoms with Gasteiger partial charge >= 0.3 is 0 Å². The maximum atomic E-state index is 5.89. The molecule has 2 aromatic heterocycles. The Kier molecular flexibility index (Phi) is 4.48. The summed E-state index contributed by atoms with van der Waals surface area (Å²) in [5, 5.41) is 0. The maximum Gasteiger partial charge on any atom is 0.212 e. The minimum atomic E-state index is 0.390. The molecule has 0 radical (unpaired) electrons. The summed E-state index contributed by atoms with van der Waals surface area (Å²) in [6, 6.07) is 3.59. The predicted octanol–water partition coefficient (Wildman–Crippen LogP) is 1.88. The number of pyridine rings is 1. The second-order valence-electron chi connectivity index (χ2n) is 3.72. The Bertz CT molecular complexity index is 575. The van der Waals surface area contributed by atoms with E-state index < -0.39 is 0 Å². The first-order chi connectivity index (χ1) is 9.15. The summed E-state index contributed by atoms with van der Waals surface area (Å²) in [6.07, 6.45) is 1.65. The Morgan fingerprint density at radius 3 is 2.63 bits per heavy atom. The fourth-order valence-corrected chi connectivity index (χ4v) is 1.90. The zero-order valence-electron chi connectivity index (χ0n) is 10.6. The highest BCUT2D eigenvalue weighted by Gasteiger charge is 2.11. The summed E-state index contributed by atoms with van der Waals surface area (Å²) in [5.41, 5.74) is 7.43. The lowest BCUT2D eigenvalue weighted by Gasteiger charge is -2.08. The van der Waals surface area contributed by atoms with Gasteiger partial charge in [-0.05, 0) is 28.7 Å². The van der Waals surface area contributed by atoms with Crippen molar-refractivity contribution in [2.45, 2.75) is 6.61 Å². The van der Waals surface area contributed by atoms with Crippen LogP contribution in [0.3, 0.4) is 0 Å². The summed E-state index contributed by atoms with van der Waals surface area (Å²) in [4.78, 5) is 12.8. The number of nitrogen functional groups attached to an aromatic ring is 1. The lowest BCUT2D eigenvalue weighted by atomic mass is 10.2. The van der Waals surface area contributed by atoms with Gasteiger partial charge in [-0.1, -0.05) is 0 Å². The Morgan fingerprint density at radius 1 is 1.26 bits per heavy atom. The second-order valence-corrected chi connectivity index (χ2v) is 4.79. The van der Waals surface area contributed by atoms with Crippen molar-refractivity contribution in [2.24, 2.45) is 0 Å². The Morgan fingerprint density at radius 2 is 2.05 bits per heavy atom. The van der Waals surface area contributed by atoms with Crippen molar-refractivity contribution in [2.75, 3.05) is 20.0 Å². The Balaban J connectivity index is 2.43. The van der Waals surface area contributed by atoms with Crippen LogP contribution in [0.25, 0.3) is 11.4 Å². The fourth-order valence-electron chi connectivity index (χ4n) is 1.51. The number of ether oxygens (including phenoxy) is 2. The van der Waals surface area contributed by atoms with E-state index in [0.29, 0.717) is 24.1 Å². The summed E-state index contributed by atoms with van der Waals surface area (Å²) in [5.74, 6) is 1.51. The minimum absolute atomic E-state index is 0.390. The van der Waals surface area contributed by atoms with Gasteiger partial charge in [0.15, 0.2) is 5.82 Å². The second kappa shape index (κ2) is 6.11. The largest absolute Gasteiger partial charge is 0.481 e. The first kappa shape index (κ1) is 13.9. The molecule has 19 heavy (non-hydrogen) atoms. The molecule has 2 heterocycles. The molecule has 0 fully saturated rings. The van der Waals surface area contributed by atoms with Gasteiger partial charge in [0.25, 0.3) is 0 Å². The van der Waals surface area contributed by atoms with E-state index in [9.17, 15) is 0 Å². The van der Waals surface area contributed by atoms with Crippen LogP contribution in [0.1, 0.15) is 5.69 Å². The van der Waals surface area contributed by atoms with Gasteiger partial charge in [0.1, 0.15) is 5.82 Å². The van der Waals surface area contributed by atoms with E-state index in [-0.39, 0.29) is 0 Å². The molecule has 0 saturated carbocycles. The smallest absolute Gasteiger partial charge is 0.212 e. The van der Waals surface area contributed by atoms with E-state index in [2.05, 4.69) is 37.5 Å². The van der Waals surface area contributed by atoms with Crippen molar-refractivity contribution < 1.29 is 9.47 Å². The average molecular weight is 372 g/mol. The van der Waals surface area contributed by atoms with Crippen LogP contribution in [0.2, 0.25) is 0 Å². The summed E-state index contributed by atoms with van der Waals surface area (Å²) in [6.45, 7) is 0.390. The molecule has 6 nitrogen and oxygen atoms in total. The quantitative estimate of drug-likeness (QED) is 0.826. The van der Waals surface area contributed by atoms with Crippen LogP contribution < -0.4 is 10.5 Å². The molecule has 0 bridgehead atoms. The topological polar surface area (TPSA) is 83.2 Å². The zero-order valence-corrected chi connectivity index (χ0v) is 12.7. The van der Waals surface area contributed by atoms with Crippen molar-refractivity contribution in [1.82, 2.24) is 15.0 Å². The molecule has 0 aromatic carbocycles. The van der Waals surface area contributed by atoms with Crippen LogP contribution in [0, 0.1) is 3.57 Å². The van der Waals surface area contributed by atoms with Gasteiger partial charge in [0.05, 0.1) is 23.0 Å². The van der Waals surface area contributed by atoms with Gasteiger partial charge in [-0.2, -0.15) is 0 Å². The highest BCUT2D eigenvalue weighted by molar-refractivity contribution is 14.1. The highest BCUT2D eigenvalue weighted by Crippen LogP contribution is 2.23. The monoisotopic (exact) mass is 372 g/mol. The number of hydrogen-bond acceptors (Lipinski definition) is 6. The van der Waals surface area contributed by atoms with Gasteiger partial charge in [-0.3, -0.25) is 0 Å². The number of nitrogens with zero attached hydrogens (tertiary/aromatic N) is 3. The van der Waals surface area contributed by atoms with Crippen molar-refractivity contribution in [3.05, 3.63) is 27.6 Å². The summed E-state index contributed by atoms with van der Waals surface area (Å²) < 4.78 is 10.9. The standard InChI is InChI=1S/C12H13IN4O2/c1-18-6-8-10(13)11(14)17-12(16-8)7-3-4-9(19-2)15-5-7/h3-5H,6H2,1-2H3,(H2,14,16,17). The fraction of sp³-hybridized carbons (Fsp3) is 0.250. The molecule has 0 aliphatic rings. The number of hydrogen-bond donors (Lipinski definition) is 1. The van der Waals surface area contributed by atoms with Gasteiger partial charge in [-0.25, -0.2) is 15.0 Å². The Hall–Kier alpha value is -1.48. The number of aromatic nitrogens is 3. The van der Waals surface area contributed by atoms with Crippen LogP contribution in [-0.2, 0) is 11.3 Å².